The Labute approximate surface area is 664 Å². The Kier molecular flexibility index (Phi) is 73.3. The number of ether oxygens (including phenoxy) is 1. The van der Waals surface area contributed by atoms with Gasteiger partial charge in [0.2, 0.25) is 6.41 Å². The van der Waals surface area contributed by atoms with E-state index in [1.54, 1.807) is 49.1 Å². The second-order valence-electron chi connectivity index (χ2n) is 26.1. The summed E-state index contributed by atoms with van der Waals surface area (Å²) in [6.07, 6.45) is 16.9. The smallest absolute Gasteiger partial charge is 0.207 e. The van der Waals surface area contributed by atoms with Gasteiger partial charge in [-0.25, -0.2) is 9.37 Å². The zero-order valence-electron chi connectivity index (χ0n) is 71.2. The number of likely N-dealkylation sites (N-methyl/N-ethyl adjacent to an activating group) is 3. The van der Waals surface area contributed by atoms with Crippen LogP contribution >= 0.6 is 22.7 Å². The number of thiazole rings is 1. The number of halogens is 1. The van der Waals surface area contributed by atoms with Crippen LogP contribution in [-0.4, -0.2) is 237 Å². The number of likely N-dealkylation sites (tertiary alicyclic amines) is 1. The van der Waals surface area contributed by atoms with Crippen LogP contribution in [0.15, 0.2) is 151 Å². The molecule has 1 saturated carbocycles. The van der Waals surface area contributed by atoms with Crippen LogP contribution in [0.4, 0.5) is 38.5 Å². The summed E-state index contributed by atoms with van der Waals surface area (Å²) in [5.74, 6) is 1.81. The standard InChI is InChI=1S/C9H14N2.C9H9NS.C9H19N.C8H8N2S.C8H18N2.C8H11N.C7H8FN.C7H10N2.C5H13NO.C5H13N.C4H10N2O.C4H11N.C2H7N/c1-10-8-5-4-6-9(7-8)11(2)3;1-10-8-3-2-7-4-5-11-9(7)6-8;1-8-4-3-5-9(8)6-7-10-2;1-9-6-2-3-7-8(4-6)11-5-10-7;1-9-5-8-10-6-3-2-4-7-10;1-7-4-3-5-8(6-7)9-2;1-9-7-4-2-3-6(8)5-7;1-8-5-7-3-2-4-9-6-7;1-6(2)4-5-7-3;1-4-5-6(2)3;1-5-2-3-6-4-7;1-3-4-5-2;1-3-2/h4-7,10H,1-3H3;2-6,10H,1H3;8-10H,3-7H2,1-2H3;2-5,9H,1H3;9H,2-8H2,1H3;3-6,9H,1-2H3;2-5,9H,1H3;2-4,6,8H,5H2,1H3;4-5H2,1-3H3;4-5H2,1-3H3;4-5H,2-3H2,1H3,(H,6,7);5H,3-4H2,1-2H3;3H,1-2H3. The monoisotopic (exact) mass is 1540 g/mol. The van der Waals surface area contributed by atoms with Gasteiger partial charge in [-0.1, -0.05) is 82.9 Å². The molecule has 1 aliphatic heterocycles. The lowest BCUT2D eigenvalue weighted by molar-refractivity contribution is -0.109. The Hall–Kier alpha value is -7.10. The molecule has 12 N–H and O–H groups in total. The van der Waals surface area contributed by atoms with Gasteiger partial charge in [0, 0.05) is 147 Å². The largest absolute Gasteiger partial charge is 0.388 e. The first-order chi connectivity index (χ1) is 52.2. The average Bonchev–Trinajstić information content (AvgIpc) is 1.69. The Morgan fingerprint density at radius 1 is 0.574 bits per heavy atom. The van der Waals surface area contributed by atoms with Crippen molar-refractivity contribution in [3.63, 3.8) is 0 Å². The number of carbonyl (C=O) groups excluding carboxylic acids is 1. The van der Waals surface area contributed by atoms with E-state index in [9.17, 15) is 9.18 Å². The lowest BCUT2D eigenvalue weighted by Gasteiger charge is -2.25. The Morgan fingerprint density at radius 2 is 1.15 bits per heavy atom. The summed E-state index contributed by atoms with van der Waals surface area (Å²) < 4.78 is 19.7. The number of anilines is 6. The molecule has 20 nitrogen and oxygen atoms in total. The van der Waals surface area contributed by atoms with Gasteiger partial charge < -0.3 is 88.1 Å². The molecule has 1 amide bonds. The van der Waals surface area contributed by atoms with Gasteiger partial charge in [0.15, 0.2) is 0 Å². The first-order valence-corrected chi connectivity index (χ1v) is 40.1. The van der Waals surface area contributed by atoms with Gasteiger partial charge in [-0.05, 0) is 274 Å². The lowest BCUT2D eigenvalue weighted by atomic mass is 9.95. The highest BCUT2D eigenvalue weighted by atomic mass is 32.1. The molecule has 5 aromatic carbocycles. The fraction of sp³-hybridized carbons (Fsp3) is 0.541. The molecule has 23 heteroatoms. The number of carbonyl (C=O) groups is 1. The van der Waals surface area contributed by atoms with E-state index in [0.29, 0.717) is 13.0 Å². The predicted molar refractivity (Wildman–Crippen MR) is 480 cm³/mol. The molecule has 2 unspecified atom stereocenters. The molecule has 612 valence electrons. The van der Waals surface area contributed by atoms with E-state index >= 15 is 0 Å². The van der Waals surface area contributed by atoms with Gasteiger partial charge in [-0.3, -0.25) is 9.78 Å². The third-order valence-corrected chi connectivity index (χ3v) is 17.7. The molecule has 0 spiro atoms. The first-order valence-electron chi connectivity index (χ1n) is 38.4. The number of piperidine rings is 1. The average molecular weight is 1540 g/mol. The molecule has 0 bridgehead atoms. The van der Waals surface area contributed by atoms with Crippen molar-refractivity contribution < 1.29 is 13.9 Å². The highest BCUT2D eigenvalue weighted by molar-refractivity contribution is 7.17. The minimum absolute atomic E-state index is 0.207. The molecular formula is C85H151FN18O2S2. The number of hydrogen-bond donors (Lipinski definition) is 12. The zero-order valence-corrected chi connectivity index (χ0v) is 72.8. The third kappa shape index (κ3) is 60.8. The van der Waals surface area contributed by atoms with Crippen LogP contribution in [-0.2, 0) is 16.1 Å². The van der Waals surface area contributed by atoms with E-state index in [1.807, 2.05) is 172 Å². The fourth-order valence-corrected chi connectivity index (χ4v) is 11.4. The molecule has 108 heavy (non-hydrogen) atoms. The van der Waals surface area contributed by atoms with Crippen molar-refractivity contribution in [2.75, 3.05) is 238 Å². The van der Waals surface area contributed by atoms with Crippen LogP contribution in [0, 0.1) is 24.6 Å². The van der Waals surface area contributed by atoms with E-state index < -0.39 is 0 Å². The number of aromatic nitrogens is 2. The molecule has 3 aromatic heterocycles. The number of hydrogen-bond acceptors (Lipinski definition) is 21. The number of methoxy groups -OCH3 is 1. The molecule has 2 aliphatic rings. The Morgan fingerprint density at radius 3 is 1.60 bits per heavy atom. The van der Waals surface area contributed by atoms with E-state index in [2.05, 4.69) is 195 Å². The number of fused-ring (bicyclic) bond motifs is 2. The van der Waals surface area contributed by atoms with Crippen molar-refractivity contribution in [3.8, 4) is 0 Å². The Balaban J connectivity index is -0.00000112. The van der Waals surface area contributed by atoms with Crippen LogP contribution in [0.1, 0.15) is 89.7 Å². The van der Waals surface area contributed by atoms with Crippen molar-refractivity contribution in [2.45, 2.75) is 92.0 Å². The van der Waals surface area contributed by atoms with Gasteiger partial charge in [0.1, 0.15) is 5.82 Å². The molecular weight excluding hydrogens is 1390 g/mol. The van der Waals surface area contributed by atoms with Crippen molar-refractivity contribution in [1.82, 2.24) is 61.9 Å². The summed E-state index contributed by atoms with van der Waals surface area (Å²) in [4.78, 5) is 26.6. The van der Waals surface area contributed by atoms with Gasteiger partial charge >= 0.3 is 0 Å². The normalized spacial score (nSPS) is 12.7. The molecule has 8 aromatic rings. The van der Waals surface area contributed by atoms with Crippen molar-refractivity contribution in [1.29, 1.82) is 0 Å². The van der Waals surface area contributed by atoms with Crippen LogP contribution in [0.25, 0.3) is 20.3 Å². The predicted octanol–water partition coefficient (Wildman–Crippen LogP) is 15.1. The number of rotatable bonds is 25. The maximum absolute atomic E-state index is 12.3. The third-order valence-electron chi connectivity index (χ3n) is 16.0. The van der Waals surface area contributed by atoms with Crippen LogP contribution in [0.5, 0.6) is 0 Å². The first kappa shape index (κ1) is 105. The second kappa shape index (κ2) is 75.3. The van der Waals surface area contributed by atoms with E-state index in [-0.39, 0.29) is 5.82 Å². The molecule has 1 aliphatic carbocycles. The quantitative estimate of drug-likeness (QED) is 0.0190. The number of nitrogens with one attached hydrogen (secondary N) is 12. The van der Waals surface area contributed by atoms with E-state index in [4.69, 9.17) is 4.74 Å². The second-order valence-corrected chi connectivity index (χ2v) is 28.0. The van der Waals surface area contributed by atoms with Crippen molar-refractivity contribution >= 4 is 83.5 Å². The molecule has 10 rings (SSSR count). The maximum Gasteiger partial charge on any atom is 0.207 e. The maximum atomic E-state index is 12.3. The number of nitrogens with zero attached hydrogens (tertiary/aromatic N) is 6. The van der Waals surface area contributed by atoms with Gasteiger partial charge in [-0.2, -0.15) is 0 Å². The number of pyridine rings is 1. The zero-order chi connectivity index (χ0) is 81.2. The van der Waals surface area contributed by atoms with Crippen molar-refractivity contribution in [2.24, 2.45) is 11.8 Å². The summed E-state index contributed by atoms with van der Waals surface area (Å²) in [6.45, 7) is 21.6. The number of aryl methyl sites for hydroxylation is 1. The highest BCUT2D eigenvalue weighted by Gasteiger charge is 2.22. The summed E-state index contributed by atoms with van der Waals surface area (Å²) in [5.41, 5.74) is 12.1. The fourth-order valence-electron chi connectivity index (χ4n) is 9.87. The molecule has 4 heterocycles. The van der Waals surface area contributed by atoms with Crippen molar-refractivity contribution in [3.05, 3.63) is 168 Å². The van der Waals surface area contributed by atoms with Crippen LogP contribution < -0.4 is 68.7 Å². The summed E-state index contributed by atoms with van der Waals surface area (Å²) in [6, 6.07) is 41.6. The van der Waals surface area contributed by atoms with Gasteiger partial charge in [0.05, 0.1) is 22.3 Å². The van der Waals surface area contributed by atoms with Gasteiger partial charge in [-0.15, -0.1) is 22.7 Å². The van der Waals surface area contributed by atoms with Crippen LogP contribution in [0.3, 0.4) is 0 Å². The van der Waals surface area contributed by atoms with Gasteiger partial charge in [0.25, 0.3) is 0 Å². The number of benzene rings is 5. The minimum atomic E-state index is -0.207. The Bertz CT molecular complexity index is 3090. The molecule has 0 radical (unpaired) electrons. The SMILES string of the molecule is CCCN(C)C.CCCNC.CNC.CNCCC1CCCC1C.CNCCN1CCCCC1.CNCCNC=O.CNCc1cccnc1.CNc1ccc2ccsc2c1.CNc1ccc2ncsc2c1.CNc1cccc(C)c1.CNc1cccc(F)c1.CNc1cccc(N(C)C)c1.COCCN(C)C. The number of amides is 1. The molecule has 2 atom stereocenters. The minimum Gasteiger partial charge on any atom is -0.388 e. The summed E-state index contributed by atoms with van der Waals surface area (Å²) in [7, 11) is 37.0. The van der Waals surface area contributed by atoms with E-state index in [0.717, 1.165) is 73.7 Å². The highest BCUT2D eigenvalue weighted by Crippen LogP contribution is 2.33. The molecule has 2 fully saturated rings. The summed E-state index contributed by atoms with van der Waals surface area (Å²) >= 11 is 3.44. The van der Waals surface area contributed by atoms with Crippen LogP contribution in [0.2, 0.25) is 0 Å². The topological polar surface area (TPSA) is 209 Å². The summed E-state index contributed by atoms with van der Waals surface area (Å²) in [5, 5.41) is 39.2. The number of thiophene rings is 1. The molecule has 1 saturated heterocycles. The van der Waals surface area contributed by atoms with E-state index in [1.165, 1.54) is 146 Å². The lowest BCUT2D eigenvalue weighted by Crippen LogP contribution is -2.34.